The lowest BCUT2D eigenvalue weighted by Crippen LogP contribution is -2.15. The summed E-state index contributed by atoms with van der Waals surface area (Å²) in [6.45, 7) is 1.69. The van der Waals surface area contributed by atoms with Crippen LogP contribution in [0.5, 0.6) is 0 Å². The molecule has 0 unspecified atom stereocenters. The fraction of sp³-hybridized carbons (Fsp3) is 0.143. The molecule has 98 valence electrons. The van der Waals surface area contributed by atoms with E-state index in [1.165, 1.54) is 11.3 Å². The van der Waals surface area contributed by atoms with Gasteiger partial charge in [-0.15, -0.1) is 11.3 Å². The van der Waals surface area contributed by atoms with E-state index in [9.17, 15) is 4.79 Å². The summed E-state index contributed by atoms with van der Waals surface area (Å²) in [5, 5.41) is 16.6. The van der Waals surface area contributed by atoms with Gasteiger partial charge in [0.15, 0.2) is 0 Å². The normalized spacial score (nSPS) is 11.3. The maximum atomic E-state index is 11.9. The topological polar surface area (TPSA) is 61.7 Å². The maximum absolute atomic E-state index is 11.9. The van der Waals surface area contributed by atoms with Crippen LogP contribution in [-0.2, 0) is 11.2 Å². The van der Waals surface area contributed by atoms with Gasteiger partial charge in [-0.05, 0) is 23.9 Å². The summed E-state index contributed by atoms with van der Waals surface area (Å²) in [5.74, 6) is -0.0865. The molecule has 0 saturated carbocycles. The minimum absolute atomic E-state index is 0.0865. The highest BCUT2D eigenvalue weighted by molar-refractivity contribution is 7.12. The molecule has 2 aromatic rings. The highest BCUT2D eigenvalue weighted by Gasteiger charge is 2.11. The second-order valence-electron chi connectivity index (χ2n) is 4.06. The van der Waals surface area contributed by atoms with E-state index in [0.717, 1.165) is 10.4 Å². The molecule has 1 heterocycles. The molecular formula is C14H14N2O2S. The number of anilines is 1. The van der Waals surface area contributed by atoms with Gasteiger partial charge in [-0.2, -0.15) is 0 Å². The zero-order chi connectivity index (χ0) is 13.7. The van der Waals surface area contributed by atoms with E-state index in [-0.39, 0.29) is 5.91 Å². The van der Waals surface area contributed by atoms with Gasteiger partial charge in [-0.1, -0.05) is 35.5 Å². The minimum atomic E-state index is -0.0865. The number of amides is 1. The Hall–Kier alpha value is -2.14. The minimum Gasteiger partial charge on any atom is -0.411 e. The Morgan fingerprint density at radius 1 is 1.32 bits per heavy atom. The van der Waals surface area contributed by atoms with Crippen molar-refractivity contribution in [3.05, 3.63) is 52.2 Å². The Labute approximate surface area is 115 Å². The summed E-state index contributed by atoms with van der Waals surface area (Å²) in [6, 6.07) is 11.3. The average molecular weight is 274 g/mol. The Kier molecular flexibility index (Phi) is 4.30. The van der Waals surface area contributed by atoms with E-state index in [2.05, 4.69) is 10.5 Å². The van der Waals surface area contributed by atoms with Crippen LogP contribution in [0.1, 0.15) is 17.4 Å². The maximum Gasteiger partial charge on any atom is 0.228 e. The van der Waals surface area contributed by atoms with Gasteiger partial charge in [0, 0.05) is 0 Å². The van der Waals surface area contributed by atoms with E-state index >= 15 is 0 Å². The lowest BCUT2D eigenvalue weighted by Gasteiger charge is -2.05. The van der Waals surface area contributed by atoms with Crippen molar-refractivity contribution < 1.29 is 10.0 Å². The summed E-state index contributed by atoms with van der Waals surface area (Å²) >= 11 is 1.43. The number of nitrogens with zero attached hydrogens (tertiary/aromatic N) is 1. The molecule has 0 radical (unpaired) electrons. The summed E-state index contributed by atoms with van der Waals surface area (Å²) < 4.78 is 0. The molecule has 0 aliphatic carbocycles. The lowest BCUT2D eigenvalue weighted by atomic mass is 10.1. The molecule has 5 heteroatoms. The van der Waals surface area contributed by atoms with Crippen molar-refractivity contribution in [1.82, 2.24) is 0 Å². The molecule has 0 atom stereocenters. The van der Waals surface area contributed by atoms with Crippen molar-refractivity contribution in [3.8, 4) is 0 Å². The number of carbonyl (C=O) groups is 1. The first-order valence-electron chi connectivity index (χ1n) is 5.81. The fourth-order valence-electron chi connectivity index (χ4n) is 1.71. The molecule has 0 fully saturated rings. The number of carbonyl (C=O) groups excluding carboxylic acids is 1. The van der Waals surface area contributed by atoms with Crippen molar-refractivity contribution >= 4 is 28.6 Å². The van der Waals surface area contributed by atoms with Crippen molar-refractivity contribution in [1.29, 1.82) is 0 Å². The van der Waals surface area contributed by atoms with Crippen molar-refractivity contribution in [2.24, 2.45) is 5.16 Å². The van der Waals surface area contributed by atoms with Crippen LogP contribution in [0.25, 0.3) is 0 Å². The largest absolute Gasteiger partial charge is 0.411 e. The standard InChI is InChI=1S/C14H14N2O2S/c1-10(16-18)14-12(7-8-19-14)15-13(17)9-11-5-3-2-4-6-11/h2-8,18H,9H2,1H3,(H,15,17)/b16-10-. The van der Waals surface area contributed by atoms with E-state index in [0.29, 0.717) is 17.8 Å². The highest BCUT2D eigenvalue weighted by atomic mass is 32.1. The number of oxime groups is 1. The van der Waals surface area contributed by atoms with Crippen LogP contribution in [0.2, 0.25) is 0 Å². The summed E-state index contributed by atoms with van der Waals surface area (Å²) in [4.78, 5) is 12.7. The van der Waals surface area contributed by atoms with Gasteiger partial charge in [-0.3, -0.25) is 4.79 Å². The molecule has 1 aromatic carbocycles. The zero-order valence-corrected chi connectivity index (χ0v) is 11.3. The third-order valence-electron chi connectivity index (χ3n) is 2.63. The third-order valence-corrected chi connectivity index (χ3v) is 3.65. The Bertz CT molecular complexity index is 591. The van der Waals surface area contributed by atoms with Gasteiger partial charge in [0.1, 0.15) is 0 Å². The number of benzene rings is 1. The Morgan fingerprint density at radius 2 is 2.05 bits per heavy atom. The van der Waals surface area contributed by atoms with E-state index in [1.54, 1.807) is 13.0 Å². The van der Waals surface area contributed by atoms with Gasteiger partial charge in [-0.25, -0.2) is 0 Å². The van der Waals surface area contributed by atoms with Crippen LogP contribution in [0, 0.1) is 0 Å². The predicted molar refractivity (Wildman–Crippen MR) is 77.1 cm³/mol. The first-order valence-corrected chi connectivity index (χ1v) is 6.69. The van der Waals surface area contributed by atoms with Gasteiger partial charge in [0.2, 0.25) is 5.91 Å². The molecular weight excluding hydrogens is 260 g/mol. The first-order chi connectivity index (χ1) is 9.20. The number of hydrogen-bond acceptors (Lipinski definition) is 4. The smallest absolute Gasteiger partial charge is 0.228 e. The highest BCUT2D eigenvalue weighted by Crippen LogP contribution is 2.23. The quantitative estimate of drug-likeness (QED) is 0.511. The number of hydrogen-bond donors (Lipinski definition) is 2. The monoisotopic (exact) mass is 274 g/mol. The van der Waals surface area contributed by atoms with Crippen LogP contribution in [-0.4, -0.2) is 16.8 Å². The summed E-state index contributed by atoms with van der Waals surface area (Å²) in [7, 11) is 0. The van der Waals surface area contributed by atoms with E-state index < -0.39 is 0 Å². The van der Waals surface area contributed by atoms with Crippen LogP contribution in [0.4, 0.5) is 5.69 Å². The molecule has 4 nitrogen and oxygen atoms in total. The van der Waals surface area contributed by atoms with Gasteiger partial charge < -0.3 is 10.5 Å². The third kappa shape index (κ3) is 3.42. The van der Waals surface area contributed by atoms with Crippen LogP contribution >= 0.6 is 11.3 Å². The van der Waals surface area contributed by atoms with Crippen LogP contribution in [0.3, 0.4) is 0 Å². The molecule has 19 heavy (non-hydrogen) atoms. The SMILES string of the molecule is C/C(=N/O)c1sccc1NC(=O)Cc1ccccc1. The Morgan fingerprint density at radius 3 is 2.74 bits per heavy atom. The molecule has 0 aliphatic heterocycles. The molecule has 1 amide bonds. The molecule has 0 spiro atoms. The molecule has 2 rings (SSSR count). The number of rotatable bonds is 4. The zero-order valence-electron chi connectivity index (χ0n) is 10.5. The fourth-order valence-corrected chi connectivity index (χ4v) is 2.51. The second-order valence-corrected chi connectivity index (χ2v) is 4.98. The predicted octanol–water partition coefficient (Wildman–Crippen LogP) is 3.13. The molecule has 0 bridgehead atoms. The van der Waals surface area contributed by atoms with Crippen molar-refractivity contribution in [3.63, 3.8) is 0 Å². The molecule has 2 N–H and O–H groups in total. The molecule has 0 saturated heterocycles. The average Bonchev–Trinajstić information content (AvgIpc) is 2.87. The first kappa shape index (κ1) is 13.3. The van der Waals surface area contributed by atoms with E-state index in [4.69, 9.17) is 5.21 Å². The second kappa shape index (κ2) is 6.15. The number of nitrogens with one attached hydrogen (secondary N) is 1. The number of thiophene rings is 1. The van der Waals surface area contributed by atoms with E-state index in [1.807, 2.05) is 35.7 Å². The van der Waals surface area contributed by atoms with Gasteiger partial charge >= 0.3 is 0 Å². The van der Waals surface area contributed by atoms with Gasteiger partial charge in [0.25, 0.3) is 0 Å². The van der Waals surface area contributed by atoms with Crippen LogP contribution in [0.15, 0.2) is 46.9 Å². The summed E-state index contributed by atoms with van der Waals surface area (Å²) in [6.07, 6.45) is 0.325. The van der Waals surface area contributed by atoms with Crippen molar-refractivity contribution in [2.75, 3.05) is 5.32 Å². The van der Waals surface area contributed by atoms with Gasteiger partial charge in [0.05, 0.1) is 22.7 Å². The van der Waals surface area contributed by atoms with Crippen LogP contribution < -0.4 is 5.32 Å². The molecule has 0 aliphatic rings. The lowest BCUT2D eigenvalue weighted by molar-refractivity contribution is -0.115. The van der Waals surface area contributed by atoms with Crippen molar-refractivity contribution in [2.45, 2.75) is 13.3 Å². The summed E-state index contributed by atoms with van der Waals surface area (Å²) in [5.41, 5.74) is 2.13. The Balaban J connectivity index is 2.06. The molecule has 1 aromatic heterocycles.